The number of nitrogens with zero attached hydrogens (tertiary/aromatic N) is 2. The summed E-state index contributed by atoms with van der Waals surface area (Å²) in [6.07, 6.45) is 13.4. The van der Waals surface area contributed by atoms with Gasteiger partial charge in [-0.2, -0.15) is 0 Å². The van der Waals surface area contributed by atoms with Gasteiger partial charge in [0.15, 0.2) is 0 Å². The van der Waals surface area contributed by atoms with Gasteiger partial charge in [-0.05, 0) is 95.7 Å². The van der Waals surface area contributed by atoms with Gasteiger partial charge in [0.2, 0.25) is 0 Å². The van der Waals surface area contributed by atoms with E-state index in [1.54, 1.807) is 0 Å². The summed E-state index contributed by atoms with van der Waals surface area (Å²) in [5.74, 6) is 0.507. The maximum Gasteiger partial charge on any atom is 0.0352 e. The lowest BCUT2D eigenvalue weighted by Crippen LogP contribution is -2.02. The van der Waals surface area contributed by atoms with Gasteiger partial charge in [-0.25, -0.2) is 0 Å². The molecular formula is C37H26N2. The number of rotatable bonds is 3. The molecule has 1 aliphatic rings. The van der Waals surface area contributed by atoms with Crippen molar-refractivity contribution in [3.8, 4) is 33.4 Å². The Hall–Kier alpha value is -4.82. The van der Waals surface area contributed by atoms with Crippen molar-refractivity contribution < 1.29 is 0 Å². The Balaban J connectivity index is 1.29. The van der Waals surface area contributed by atoms with Gasteiger partial charge in [0.05, 0.1) is 0 Å². The third-order valence-electron chi connectivity index (χ3n) is 8.49. The molecule has 0 aliphatic heterocycles. The third kappa shape index (κ3) is 3.42. The highest BCUT2D eigenvalue weighted by Crippen LogP contribution is 2.43. The van der Waals surface area contributed by atoms with Crippen LogP contribution in [0.5, 0.6) is 0 Å². The number of aromatic nitrogens is 2. The molecule has 2 aromatic heterocycles. The maximum atomic E-state index is 4.58. The smallest absolute Gasteiger partial charge is 0.0352 e. The standard InChI is InChI=1S/C37H26N2/c1-23-3-2-4-31-34(23)21-39-22-35(31)25-7-5-24(6-8-25)29-13-9-27-12-16-33-30(26-17-19-38-20-18-26)14-10-28-11-15-32(29)36(27)37(28)33/h2,4-23H,3H2,1H3. The van der Waals surface area contributed by atoms with Crippen LogP contribution in [0, 0.1) is 0 Å². The molecule has 0 saturated heterocycles. The highest BCUT2D eigenvalue weighted by Gasteiger charge is 2.18. The first-order valence-corrected chi connectivity index (χ1v) is 13.6. The van der Waals surface area contributed by atoms with E-state index in [4.69, 9.17) is 0 Å². The largest absolute Gasteiger partial charge is 0.265 e. The van der Waals surface area contributed by atoms with E-state index in [9.17, 15) is 0 Å². The molecule has 1 unspecified atom stereocenters. The number of hydrogen-bond donors (Lipinski definition) is 0. The molecular weight excluding hydrogens is 472 g/mol. The minimum Gasteiger partial charge on any atom is -0.265 e. The van der Waals surface area contributed by atoms with Crippen LogP contribution in [-0.4, -0.2) is 9.97 Å². The predicted molar refractivity (Wildman–Crippen MR) is 164 cm³/mol. The zero-order valence-electron chi connectivity index (χ0n) is 21.7. The van der Waals surface area contributed by atoms with Gasteiger partial charge in [-0.3, -0.25) is 9.97 Å². The Morgan fingerprint density at radius 1 is 0.564 bits per heavy atom. The van der Waals surface area contributed by atoms with Gasteiger partial charge >= 0.3 is 0 Å². The monoisotopic (exact) mass is 498 g/mol. The van der Waals surface area contributed by atoms with E-state index in [0.717, 1.165) is 6.42 Å². The van der Waals surface area contributed by atoms with Gasteiger partial charge in [-0.15, -0.1) is 0 Å². The molecule has 184 valence electrons. The van der Waals surface area contributed by atoms with Crippen LogP contribution >= 0.6 is 0 Å². The van der Waals surface area contributed by atoms with Crippen LogP contribution in [0.25, 0.3) is 71.8 Å². The Bertz CT molecular complexity index is 2040. The molecule has 7 aromatic rings. The number of allylic oxidation sites excluding steroid dienone is 1. The number of hydrogen-bond acceptors (Lipinski definition) is 2. The third-order valence-corrected chi connectivity index (χ3v) is 8.49. The number of benzene rings is 5. The molecule has 5 aromatic carbocycles. The average molecular weight is 499 g/mol. The first kappa shape index (κ1) is 22.2. The van der Waals surface area contributed by atoms with E-state index in [1.807, 2.05) is 24.8 Å². The Kier molecular flexibility index (Phi) is 4.90. The second kappa shape index (κ2) is 8.61. The Labute approximate surface area is 227 Å². The lowest BCUT2D eigenvalue weighted by Gasteiger charge is -2.20. The highest BCUT2D eigenvalue weighted by molar-refractivity contribution is 6.27. The quantitative estimate of drug-likeness (QED) is 0.227. The van der Waals surface area contributed by atoms with Gasteiger partial charge < -0.3 is 0 Å². The summed E-state index contributed by atoms with van der Waals surface area (Å²) in [5.41, 5.74) is 10.0. The van der Waals surface area contributed by atoms with Crippen LogP contribution in [0.3, 0.4) is 0 Å². The molecule has 2 heterocycles. The first-order chi connectivity index (χ1) is 19.3. The Morgan fingerprint density at radius 2 is 1.13 bits per heavy atom. The lowest BCUT2D eigenvalue weighted by molar-refractivity contribution is 0.766. The van der Waals surface area contributed by atoms with Crippen molar-refractivity contribution >= 4 is 38.4 Å². The van der Waals surface area contributed by atoms with Crippen LogP contribution in [0.4, 0.5) is 0 Å². The van der Waals surface area contributed by atoms with Crippen LogP contribution < -0.4 is 0 Å². The average Bonchev–Trinajstić information content (AvgIpc) is 3.00. The highest BCUT2D eigenvalue weighted by atomic mass is 14.6. The van der Waals surface area contributed by atoms with Crippen molar-refractivity contribution in [1.29, 1.82) is 0 Å². The molecule has 0 bridgehead atoms. The van der Waals surface area contributed by atoms with Crippen molar-refractivity contribution in [1.82, 2.24) is 9.97 Å². The fourth-order valence-electron chi connectivity index (χ4n) is 6.48. The van der Waals surface area contributed by atoms with Crippen molar-refractivity contribution in [3.63, 3.8) is 0 Å². The Morgan fingerprint density at radius 3 is 1.77 bits per heavy atom. The second-order valence-electron chi connectivity index (χ2n) is 10.7. The molecule has 0 spiro atoms. The zero-order valence-corrected chi connectivity index (χ0v) is 21.7. The molecule has 39 heavy (non-hydrogen) atoms. The summed E-state index contributed by atoms with van der Waals surface area (Å²) in [6.45, 7) is 2.28. The summed E-state index contributed by atoms with van der Waals surface area (Å²) >= 11 is 0. The van der Waals surface area contributed by atoms with Gasteiger partial charge in [0.1, 0.15) is 0 Å². The van der Waals surface area contributed by atoms with E-state index < -0.39 is 0 Å². The van der Waals surface area contributed by atoms with Crippen molar-refractivity contribution in [3.05, 3.63) is 127 Å². The molecule has 0 fully saturated rings. The normalized spacial score (nSPS) is 14.8. The van der Waals surface area contributed by atoms with Crippen LogP contribution in [0.2, 0.25) is 0 Å². The van der Waals surface area contributed by atoms with E-state index in [-0.39, 0.29) is 0 Å². The molecule has 2 nitrogen and oxygen atoms in total. The number of fused-ring (bicyclic) bond motifs is 1. The minimum absolute atomic E-state index is 0.507. The minimum atomic E-state index is 0.507. The van der Waals surface area contributed by atoms with E-state index in [1.165, 1.54) is 76.8 Å². The SMILES string of the molecule is CC1CC=Cc2c(-c3ccc(-c4ccc5ccc6c(-c7ccncc7)ccc7ccc4c5c76)cc3)cncc21. The molecule has 0 radical (unpaired) electrons. The van der Waals surface area contributed by atoms with Gasteiger partial charge in [0.25, 0.3) is 0 Å². The summed E-state index contributed by atoms with van der Waals surface area (Å²) in [5, 5.41) is 7.80. The van der Waals surface area contributed by atoms with Crippen molar-refractivity contribution in [2.45, 2.75) is 19.3 Å². The van der Waals surface area contributed by atoms with Crippen LogP contribution in [0.1, 0.15) is 30.4 Å². The predicted octanol–water partition coefficient (Wildman–Crippen LogP) is 9.90. The van der Waals surface area contributed by atoms with Gasteiger partial charge in [0, 0.05) is 30.4 Å². The summed E-state index contributed by atoms with van der Waals surface area (Å²) in [6, 6.07) is 31.4. The molecule has 0 amide bonds. The second-order valence-corrected chi connectivity index (χ2v) is 10.7. The van der Waals surface area contributed by atoms with Crippen molar-refractivity contribution in [2.24, 2.45) is 0 Å². The van der Waals surface area contributed by atoms with Gasteiger partial charge in [-0.1, -0.05) is 91.9 Å². The van der Waals surface area contributed by atoms with E-state index >= 15 is 0 Å². The fraction of sp³-hybridized carbons (Fsp3) is 0.0811. The lowest BCUT2D eigenvalue weighted by atomic mass is 9.85. The molecule has 1 aliphatic carbocycles. The summed E-state index contributed by atoms with van der Waals surface area (Å²) in [4.78, 5) is 8.81. The van der Waals surface area contributed by atoms with Crippen LogP contribution in [0.15, 0.2) is 116 Å². The fourth-order valence-corrected chi connectivity index (χ4v) is 6.48. The summed E-state index contributed by atoms with van der Waals surface area (Å²) in [7, 11) is 0. The molecule has 0 N–H and O–H groups in total. The molecule has 0 saturated carbocycles. The van der Waals surface area contributed by atoms with E-state index in [2.05, 4.69) is 114 Å². The first-order valence-electron chi connectivity index (χ1n) is 13.6. The molecule has 8 rings (SSSR count). The topological polar surface area (TPSA) is 25.8 Å². The van der Waals surface area contributed by atoms with Crippen molar-refractivity contribution in [2.75, 3.05) is 0 Å². The molecule has 2 heteroatoms. The maximum absolute atomic E-state index is 4.58. The van der Waals surface area contributed by atoms with Crippen LogP contribution in [-0.2, 0) is 0 Å². The summed E-state index contributed by atoms with van der Waals surface area (Å²) < 4.78 is 0. The van der Waals surface area contributed by atoms with E-state index in [0.29, 0.717) is 5.92 Å². The zero-order chi connectivity index (χ0) is 25.9. The number of pyridine rings is 2. The molecule has 1 atom stereocenters.